The van der Waals surface area contributed by atoms with Crippen LogP contribution in [0.2, 0.25) is 38.3 Å². The lowest BCUT2D eigenvalue weighted by Crippen LogP contribution is -2.55. The van der Waals surface area contributed by atoms with Crippen LogP contribution in [0.25, 0.3) is 0 Å². The lowest BCUT2D eigenvalue weighted by molar-refractivity contribution is 0.623. The summed E-state index contributed by atoms with van der Waals surface area (Å²) < 4.78 is 4.14. The molecule has 1 nitrogen and oxygen atoms in total. The van der Waals surface area contributed by atoms with E-state index in [1.54, 1.807) is 0 Å². The molecule has 0 aromatic heterocycles. The van der Waals surface area contributed by atoms with Crippen LogP contribution in [0.1, 0.15) is 5.56 Å². The Hall–Kier alpha value is 0.0938. The third-order valence-corrected chi connectivity index (χ3v) is 15.3. The molecule has 0 amide bonds. The molecule has 1 aliphatic rings. The van der Waals surface area contributed by atoms with Gasteiger partial charge in [0.15, 0.2) is 0 Å². The normalized spacial score (nSPS) is 22.3. The smallest absolute Gasteiger partial charge is 0.115 e. The second-order valence-corrected chi connectivity index (χ2v) is 17.3. The van der Waals surface area contributed by atoms with Gasteiger partial charge in [-0.1, -0.05) is 54.3 Å². The molecule has 0 bridgehead atoms. The molecule has 1 heterocycles. The van der Waals surface area contributed by atoms with Gasteiger partial charge in [-0.15, -0.1) is 0 Å². The van der Waals surface area contributed by atoms with Gasteiger partial charge in [-0.05, 0) is 42.7 Å². The molecule has 100 valence electrons. The highest BCUT2D eigenvalue weighted by Gasteiger charge is 2.46. The summed E-state index contributed by atoms with van der Waals surface area (Å²) >= 11 is 3.50. The van der Waals surface area contributed by atoms with Crippen molar-refractivity contribution in [3.8, 4) is 0 Å². The first-order valence-electron chi connectivity index (χ1n) is 6.83. The lowest BCUT2D eigenvalue weighted by Gasteiger charge is -2.39. The van der Waals surface area contributed by atoms with Gasteiger partial charge in [0.25, 0.3) is 0 Å². The summed E-state index contributed by atoms with van der Waals surface area (Å²) in [5.41, 5.74) is 1.47. The fraction of sp³-hybridized carbons (Fsp3) is 0.571. The highest BCUT2D eigenvalue weighted by molar-refractivity contribution is 9.10. The minimum atomic E-state index is -1.08. The van der Waals surface area contributed by atoms with Gasteiger partial charge in [-0.25, -0.2) is 0 Å². The second-order valence-electron chi connectivity index (χ2n) is 6.65. The number of hydrogen-bond donors (Lipinski definition) is 0. The highest BCUT2D eigenvalue weighted by atomic mass is 79.9. The minimum absolute atomic E-state index is 1.08. The van der Waals surface area contributed by atoms with Crippen LogP contribution in [0.4, 0.5) is 0 Å². The zero-order chi connectivity index (χ0) is 13.4. The van der Waals surface area contributed by atoms with Crippen molar-refractivity contribution in [2.24, 2.45) is 0 Å². The van der Waals surface area contributed by atoms with E-state index in [-0.39, 0.29) is 0 Å². The first-order chi connectivity index (χ1) is 8.31. The van der Waals surface area contributed by atoms with E-state index in [2.05, 4.69) is 70.6 Å². The molecule has 0 unspecified atom stereocenters. The molecular weight excluding hydrogens is 318 g/mol. The van der Waals surface area contributed by atoms with Crippen LogP contribution in [-0.4, -0.2) is 27.2 Å². The molecule has 0 saturated carbocycles. The molecule has 1 aromatic rings. The maximum absolute atomic E-state index is 3.50. The van der Waals surface area contributed by atoms with Gasteiger partial charge in [-0.3, -0.25) is 0 Å². The Morgan fingerprint density at radius 2 is 1.50 bits per heavy atom. The van der Waals surface area contributed by atoms with Gasteiger partial charge in [0.1, 0.15) is 16.5 Å². The molecule has 4 heteroatoms. The first-order valence-corrected chi connectivity index (χ1v) is 13.9. The van der Waals surface area contributed by atoms with E-state index in [1.807, 2.05) is 0 Å². The summed E-state index contributed by atoms with van der Waals surface area (Å²) in [6, 6.07) is 11.8. The number of hydrogen-bond acceptors (Lipinski definition) is 1. The summed E-state index contributed by atoms with van der Waals surface area (Å²) in [6.45, 7) is 11.5. The average Bonchev–Trinajstić information content (AvgIpc) is 2.49. The zero-order valence-corrected chi connectivity index (χ0v) is 15.5. The van der Waals surface area contributed by atoms with Crippen LogP contribution in [0.5, 0.6) is 0 Å². The molecular formula is C14H24BrNSi2. The molecule has 0 spiro atoms. The fourth-order valence-corrected chi connectivity index (χ4v) is 17.6. The van der Waals surface area contributed by atoms with Crippen molar-refractivity contribution >= 4 is 32.4 Å². The Kier molecular flexibility index (Phi) is 4.21. The molecule has 1 saturated heterocycles. The number of rotatable bonds is 3. The van der Waals surface area contributed by atoms with E-state index in [9.17, 15) is 0 Å². The predicted octanol–water partition coefficient (Wildman–Crippen LogP) is 4.72. The van der Waals surface area contributed by atoms with Crippen molar-refractivity contribution < 1.29 is 0 Å². The Labute approximate surface area is 122 Å². The summed E-state index contributed by atoms with van der Waals surface area (Å²) in [5, 5.41) is 0. The molecule has 0 N–H and O–H groups in total. The Bertz CT molecular complexity index is 398. The van der Waals surface area contributed by atoms with E-state index >= 15 is 0 Å². The Balaban J connectivity index is 2.03. The van der Waals surface area contributed by atoms with Crippen molar-refractivity contribution in [1.82, 2.24) is 4.23 Å². The van der Waals surface area contributed by atoms with Crippen molar-refractivity contribution in [3.63, 3.8) is 0 Å². The summed E-state index contributed by atoms with van der Waals surface area (Å²) in [6.07, 6.45) is 1.21. The minimum Gasteiger partial charge on any atom is -0.345 e. The van der Waals surface area contributed by atoms with Crippen LogP contribution in [-0.2, 0) is 6.42 Å². The summed E-state index contributed by atoms with van der Waals surface area (Å²) in [4.78, 5) is 0. The molecule has 1 fully saturated rings. The fourth-order valence-electron chi connectivity index (χ4n) is 3.20. The average molecular weight is 342 g/mol. The largest absolute Gasteiger partial charge is 0.345 e. The van der Waals surface area contributed by atoms with Crippen LogP contribution in [0.15, 0.2) is 28.7 Å². The van der Waals surface area contributed by atoms with Crippen molar-refractivity contribution in [2.75, 3.05) is 6.54 Å². The Morgan fingerprint density at radius 1 is 1.00 bits per heavy atom. The zero-order valence-electron chi connectivity index (χ0n) is 12.0. The van der Waals surface area contributed by atoms with Crippen LogP contribution >= 0.6 is 15.9 Å². The topological polar surface area (TPSA) is 3.24 Å². The lowest BCUT2D eigenvalue weighted by atomic mass is 10.2. The molecule has 0 atom stereocenters. The molecule has 1 aromatic carbocycles. The van der Waals surface area contributed by atoms with Gasteiger partial charge in [0, 0.05) is 4.47 Å². The molecule has 1 aliphatic heterocycles. The number of nitrogens with zero attached hydrogens (tertiary/aromatic N) is 1. The van der Waals surface area contributed by atoms with E-state index in [1.165, 1.54) is 35.1 Å². The highest BCUT2D eigenvalue weighted by Crippen LogP contribution is 2.36. The first kappa shape index (κ1) is 14.5. The predicted molar refractivity (Wildman–Crippen MR) is 89.1 cm³/mol. The van der Waals surface area contributed by atoms with Gasteiger partial charge < -0.3 is 4.23 Å². The quantitative estimate of drug-likeness (QED) is 0.719. The monoisotopic (exact) mass is 341 g/mol. The van der Waals surface area contributed by atoms with E-state index in [4.69, 9.17) is 0 Å². The van der Waals surface area contributed by atoms with Crippen LogP contribution in [0, 0.1) is 0 Å². The Morgan fingerprint density at radius 3 is 2.00 bits per heavy atom. The van der Waals surface area contributed by atoms with Crippen molar-refractivity contribution in [2.45, 2.75) is 44.7 Å². The van der Waals surface area contributed by atoms with Crippen LogP contribution < -0.4 is 0 Å². The van der Waals surface area contributed by atoms with Crippen molar-refractivity contribution in [1.29, 1.82) is 0 Å². The molecule has 18 heavy (non-hydrogen) atoms. The maximum atomic E-state index is 3.50. The summed E-state index contributed by atoms with van der Waals surface area (Å²) in [7, 11) is -2.17. The van der Waals surface area contributed by atoms with Gasteiger partial charge in [0.05, 0.1) is 0 Å². The summed E-state index contributed by atoms with van der Waals surface area (Å²) in [5.74, 6) is 0. The van der Waals surface area contributed by atoms with Crippen molar-refractivity contribution in [3.05, 3.63) is 34.3 Å². The molecule has 2 rings (SSSR count). The van der Waals surface area contributed by atoms with Crippen LogP contribution in [0.3, 0.4) is 0 Å². The van der Waals surface area contributed by atoms with Gasteiger partial charge in [0.2, 0.25) is 0 Å². The third kappa shape index (κ3) is 3.15. The number of benzene rings is 1. The molecule has 0 aliphatic carbocycles. The van der Waals surface area contributed by atoms with E-state index < -0.39 is 16.5 Å². The second kappa shape index (κ2) is 5.23. The SMILES string of the molecule is C[Si]1(C)CC[Si](C)(C)N1CCc1ccc(Br)cc1. The standard InChI is InChI=1S/C14H24BrNSi2/c1-17(2)11-12-18(3,4)16(17)10-9-13-5-7-14(15)8-6-13/h5-8H,9-12H2,1-4H3. The van der Waals surface area contributed by atoms with E-state index in [0.29, 0.717) is 0 Å². The number of halogens is 1. The van der Waals surface area contributed by atoms with E-state index in [0.717, 1.165) is 0 Å². The molecule has 0 radical (unpaired) electrons. The maximum Gasteiger partial charge on any atom is 0.115 e. The van der Waals surface area contributed by atoms with Gasteiger partial charge in [-0.2, -0.15) is 0 Å². The third-order valence-electron chi connectivity index (χ3n) is 4.35. The van der Waals surface area contributed by atoms with Gasteiger partial charge >= 0.3 is 0 Å².